The van der Waals surface area contributed by atoms with Crippen molar-refractivity contribution in [3.8, 4) is 0 Å². The van der Waals surface area contributed by atoms with Crippen molar-refractivity contribution in [3.05, 3.63) is 53.1 Å². The number of carbonyl (C=O) groups excluding carboxylic acids is 2. The molecule has 0 aliphatic carbocycles. The molecule has 0 bridgehead atoms. The Labute approximate surface area is 158 Å². The van der Waals surface area contributed by atoms with Crippen LogP contribution in [0, 0.1) is 0 Å². The number of thioether (sulfide) groups is 1. The van der Waals surface area contributed by atoms with E-state index < -0.39 is 0 Å². The molecular weight excluding hydrogens is 344 g/mol. The second-order valence-corrected chi connectivity index (χ2v) is 7.98. The second-order valence-electron chi connectivity index (χ2n) is 6.68. The Kier molecular flexibility index (Phi) is 4.72. The van der Waals surface area contributed by atoms with Crippen LogP contribution < -0.4 is 10.2 Å². The molecule has 2 aliphatic rings. The molecule has 4 nitrogen and oxygen atoms in total. The molecule has 0 spiro atoms. The standard InChI is InChI=1S/C21H22N2O2S/c1-2-26-18-8-4-3-7-17(18)21(25)22-16-12-14-6-5-11-23-19(24)10-9-15(13-16)20(14)23/h3-4,7-8,12-13H,2,5-6,9-11H2,1H3,(H,22,25). The molecular formula is C21H22N2O2S. The van der Waals surface area contributed by atoms with Gasteiger partial charge in [0.2, 0.25) is 5.91 Å². The van der Waals surface area contributed by atoms with E-state index in [4.69, 9.17) is 0 Å². The first kappa shape index (κ1) is 17.2. The molecule has 2 aromatic carbocycles. The molecule has 0 saturated heterocycles. The van der Waals surface area contributed by atoms with E-state index in [1.807, 2.05) is 41.3 Å². The fraction of sp³-hybridized carbons (Fsp3) is 0.333. The van der Waals surface area contributed by atoms with Crippen molar-refractivity contribution in [1.82, 2.24) is 0 Å². The molecule has 2 heterocycles. The van der Waals surface area contributed by atoms with Gasteiger partial charge >= 0.3 is 0 Å². The molecule has 2 amide bonds. The summed E-state index contributed by atoms with van der Waals surface area (Å²) in [4.78, 5) is 27.9. The van der Waals surface area contributed by atoms with Gasteiger partial charge in [0.15, 0.2) is 0 Å². The van der Waals surface area contributed by atoms with Crippen molar-refractivity contribution >= 4 is 35.0 Å². The van der Waals surface area contributed by atoms with Gasteiger partial charge in [-0.1, -0.05) is 19.1 Å². The number of hydrogen-bond donors (Lipinski definition) is 1. The van der Waals surface area contributed by atoms with Gasteiger partial charge in [0.05, 0.1) is 11.3 Å². The lowest BCUT2D eigenvalue weighted by atomic mass is 9.91. The Bertz CT molecular complexity index is 861. The van der Waals surface area contributed by atoms with Gasteiger partial charge < -0.3 is 10.2 Å². The molecule has 0 fully saturated rings. The van der Waals surface area contributed by atoms with Crippen LogP contribution in [0.1, 0.15) is 41.3 Å². The highest BCUT2D eigenvalue weighted by Crippen LogP contribution is 2.38. The monoisotopic (exact) mass is 366 g/mol. The van der Waals surface area contributed by atoms with Crippen molar-refractivity contribution < 1.29 is 9.59 Å². The van der Waals surface area contributed by atoms with Gasteiger partial charge in [0.25, 0.3) is 5.91 Å². The minimum Gasteiger partial charge on any atom is -0.322 e. The summed E-state index contributed by atoms with van der Waals surface area (Å²) in [6, 6.07) is 11.8. The summed E-state index contributed by atoms with van der Waals surface area (Å²) in [5.74, 6) is 1.07. The molecule has 0 unspecified atom stereocenters. The number of hydrogen-bond acceptors (Lipinski definition) is 3. The zero-order valence-corrected chi connectivity index (χ0v) is 15.7. The second kappa shape index (κ2) is 7.16. The zero-order chi connectivity index (χ0) is 18.1. The molecule has 4 rings (SSSR count). The van der Waals surface area contributed by atoms with E-state index in [1.54, 1.807) is 11.8 Å². The van der Waals surface area contributed by atoms with E-state index in [2.05, 4.69) is 12.2 Å². The van der Waals surface area contributed by atoms with E-state index in [1.165, 1.54) is 11.1 Å². The Morgan fingerprint density at radius 1 is 1.15 bits per heavy atom. The van der Waals surface area contributed by atoms with Crippen LogP contribution in [-0.2, 0) is 17.6 Å². The SMILES string of the molecule is CCSc1ccccc1C(=O)Nc1cc2c3c(c1)CCC(=O)N3CCC2. The zero-order valence-electron chi connectivity index (χ0n) is 14.9. The Morgan fingerprint density at radius 2 is 1.92 bits per heavy atom. The molecule has 26 heavy (non-hydrogen) atoms. The summed E-state index contributed by atoms with van der Waals surface area (Å²) in [7, 11) is 0. The summed E-state index contributed by atoms with van der Waals surface area (Å²) >= 11 is 1.68. The van der Waals surface area contributed by atoms with Crippen molar-refractivity contribution in [2.45, 2.75) is 37.5 Å². The van der Waals surface area contributed by atoms with Gasteiger partial charge in [-0.3, -0.25) is 9.59 Å². The summed E-state index contributed by atoms with van der Waals surface area (Å²) in [5, 5.41) is 3.08. The lowest BCUT2D eigenvalue weighted by Crippen LogP contribution is -2.39. The Balaban J connectivity index is 1.64. The highest BCUT2D eigenvalue weighted by atomic mass is 32.2. The fourth-order valence-corrected chi connectivity index (χ4v) is 4.66. The molecule has 0 atom stereocenters. The van der Waals surface area contributed by atoms with E-state index in [0.717, 1.165) is 47.8 Å². The Hall–Kier alpha value is -2.27. The third-order valence-corrected chi connectivity index (χ3v) is 5.92. The third kappa shape index (κ3) is 3.12. The summed E-state index contributed by atoms with van der Waals surface area (Å²) in [6.45, 7) is 2.90. The number of amides is 2. The maximum atomic E-state index is 12.8. The van der Waals surface area contributed by atoms with Crippen LogP contribution in [0.5, 0.6) is 0 Å². The summed E-state index contributed by atoms with van der Waals surface area (Å²) < 4.78 is 0. The van der Waals surface area contributed by atoms with Crippen molar-refractivity contribution in [3.63, 3.8) is 0 Å². The molecule has 0 radical (unpaired) electrons. The van der Waals surface area contributed by atoms with Crippen LogP contribution in [0.2, 0.25) is 0 Å². The van der Waals surface area contributed by atoms with Crippen LogP contribution in [0.4, 0.5) is 11.4 Å². The van der Waals surface area contributed by atoms with Gasteiger partial charge in [0, 0.05) is 23.5 Å². The van der Waals surface area contributed by atoms with E-state index in [9.17, 15) is 9.59 Å². The maximum Gasteiger partial charge on any atom is 0.256 e. The number of rotatable bonds is 4. The summed E-state index contributed by atoms with van der Waals surface area (Å²) in [6.07, 6.45) is 3.24. The lowest BCUT2D eigenvalue weighted by molar-refractivity contribution is -0.119. The molecule has 0 aromatic heterocycles. The van der Waals surface area contributed by atoms with E-state index >= 15 is 0 Å². The number of benzene rings is 2. The van der Waals surface area contributed by atoms with Gasteiger partial charge in [-0.25, -0.2) is 0 Å². The van der Waals surface area contributed by atoms with E-state index in [-0.39, 0.29) is 11.8 Å². The average molecular weight is 366 g/mol. The number of anilines is 2. The lowest BCUT2D eigenvalue weighted by Gasteiger charge is -2.35. The highest BCUT2D eigenvalue weighted by molar-refractivity contribution is 7.99. The van der Waals surface area contributed by atoms with Crippen LogP contribution in [0.3, 0.4) is 0 Å². The van der Waals surface area contributed by atoms with Crippen molar-refractivity contribution in [2.75, 3.05) is 22.5 Å². The minimum absolute atomic E-state index is 0.0757. The average Bonchev–Trinajstić information content (AvgIpc) is 2.65. The van der Waals surface area contributed by atoms with Gasteiger partial charge in [-0.15, -0.1) is 11.8 Å². The van der Waals surface area contributed by atoms with Crippen LogP contribution in [0.15, 0.2) is 41.3 Å². The van der Waals surface area contributed by atoms with Crippen LogP contribution >= 0.6 is 11.8 Å². The fourth-order valence-electron chi connectivity index (χ4n) is 3.86. The molecule has 2 aromatic rings. The number of carbonyl (C=O) groups is 2. The van der Waals surface area contributed by atoms with Crippen molar-refractivity contribution in [1.29, 1.82) is 0 Å². The predicted octanol–water partition coefficient (Wildman–Crippen LogP) is 4.28. The maximum absolute atomic E-state index is 12.8. The van der Waals surface area contributed by atoms with Crippen LogP contribution in [-0.4, -0.2) is 24.1 Å². The normalized spacial score (nSPS) is 15.6. The molecule has 134 valence electrons. The largest absolute Gasteiger partial charge is 0.322 e. The van der Waals surface area contributed by atoms with Gasteiger partial charge in [0.1, 0.15) is 0 Å². The van der Waals surface area contributed by atoms with Gasteiger partial charge in [-0.2, -0.15) is 0 Å². The first-order valence-corrected chi connectivity index (χ1v) is 10.1. The third-order valence-electron chi connectivity index (χ3n) is 4.96. The molecule has 2 aliphatic heterocycles. The topological polar surface area (TPSA) is 49.4 Å². The van der Waals surface area contributed by atoms with Gasteiger partial charge in [-0.05, 0) is 60.4 Å². The number of nitrogens with zero attached hydrogens (tertiary/aromatic N) is 1. The smallest absolute Gasteiger partial charge is 0.256 e. The first-order chi connectivity index (χ1) is 12.7. The Morgan fingerprint density at radius 3 is 2.73 bits per heavy atom. The van der Waals surface area contributed by atoms with E-state index in [0.29, 0.717) is 12.0 Å². The highest BCUT2D eigenvalue weighted by Gasteiger charge is 2.29. The number of nitrogens with one attached hydrogen (secondary N) is 1. The minimum atomic E-state index is -0.0757. The molecule has 0 saturated carbocycles. The predicted molar refractivity (Wildman–Crippen MR) is 106 cm³/mol. The molecule has 1 N–H and O–H groups in total. The van der Waals surface area contributed by atoms with Crippen molar-refractivity contribution in [2.24, 2.45) is 0 Å². The summed E-state index contributed by atoms with van der Waals surface area (Å²) in [5.41, 5.74) is 4.98. The van der Waals surface area contributed by atoms with Crippen LogP contribution in [0.25, 0.3) is 0 Å². The molecule has 5 heteroatoms. The quantitative estimate of drug-likeness (QED) is 0.822. The number of aryl methyl sites for hydroxylation is 2. The first-order valence-electron chi connectivity index (χ1n) is 9.16.